The Bertz CT molecular complexity index is 805. The second kappa shape index (κ2) is 7.99. The third-order valence-electron chi connectivity index (χ3n) is 3.75. The maximum absolute atomic E-state index is 12.5. The Labute approximate surface area is 150 Å². The lowest BCUT2D eigenvalue weighted by molar-refractivity contribution is -0.118. The van der Waals surface area contributed by atoms with E-state index in [1.807, 2.05) is 30.3 Å². The summed E-state index contributed by atoms with van der Waals surface area (Å²) >= 11 is 0. The first-order chi connectivity index (χ1) is 12.6. The zero-order valence-corrected chi connectivity index (χ0v) is 14.2. The highest BCUT2D eigenvalue weighted by molar-refractivity contribution is 6.06. The first kappa shape index (κ1) is 17.9. The summed E-state index contributed by atoms with van der Waals surface area (Å²) in [4.78, 5) is 24.1. The average Bonchev–Trinajstić information content (AvgIpc) is 2.65. The van der Waals surface area contributed by atoms with Crippen molar-refractivity contribution >= 4 is 17.4 Å². The Balaban J connectivity index is 1.90. The Morgan fingerprint density at radius 3 is 2.81 bits per heavy atom. The first-order valence-corrected chi connectivity index (χ1v) is 8.19. The molecule has 2 N–H and O–H groups in total. The Hall–Kier alpha value is -2.90. The summed E-state index contributed by atoms with van der Waals surface area (Å²) in [7, 11) is 0. The molecule has 0 aliphatic carbocycles. The van der Waals surface area contributed by atoms with Crippen molar-refractivity contribution in [2.75, 3.05) is 18.5 Å². The maximum atomic E-state index is 12.5. The van der Waals surface area contributed by atoms with Crippen LogP contribution in [0.1, 0.15) is 22.8 Å². The second-order valence-corrected chi connectivity index (χ2v) is 5.63. The minimum absolute atomic E-state index is 0.0894. The van der Waals surface area contributed by atoms with Crippen molar-refractivity contribution in [1.82, 2.24) is 0 Å². The number of ketones is 1. The van der Waals surface area contributed by atoms with Gasteiger partial charge < -0.3 is 24.6 Å². The first-order valence-electron chi connectivity index (χ1n) is 8.19. The topological polar surface area (TPSA) is 94.1 Å². The predicted octanol–water partition coefficient (Wildman–Crippen LogP) is 2.13. The lowest BCUT2D eigenvalue weighted by Gasteiger charge is -2.22. The van der Waals surface area contributed by atoms with Gasteiger partial charge in [-0.05, 0) is 18.6 Å². The fourth-order valence-electron chi connectivity index (χ4n) is 2.55. The SMILES string of the molecule is CCO[C@@H](O)C(=O)c1cc(OCc2ccccc2)cc2c1OCC(=O)N2. The summed E-state index contributed by atoms with van der Waals surface area (Å²) in [5.41, 5.74) is 1.36. The molecule has 1 heterocycles. The number of ether oxygens (including phenoxy) is 3. The van der Waals surface area contributed by atoms with Crippen molar-refractivity contribution in [2.45, 2.75) is 19.8 Å². The van der Waals surface area contributed by atoms with E-state index in [1.54, 1.807) is 13.0 Å². The molecule has 0 spiro atoms. The molecule has 1 atom stereocenters. The van der Waals surface area contributed by atoms with Crippen molar-refractivity contribution < 1.29 is 28.9 Å². The van der Waals surface area contributed by atoms with E-state index in [1.165, 1.54) is 6.07 Å². The van der Waals surface area contributed by atoms with Gasteiger partial charge in [-0.25, -0.2) is 0 Å². The summed E-state index contributed by atoms with van der Waals surface area (Å²) < 4.78 is 16.1. The number of aliphatic hydroxyl groups excluding tert-OH is 1. The van der Waals surface area contributed by atoms with Gasteiger partial charge in [0.1, 0.15) is 12.4 Å². The summed E-state index contributed by atoms with van der Waals surface area (Å²) in [6.45, 7) is 1.93. The van der Waals surface area contributed by atoms with Crippen LogP contribution >= 0.6 is 0 Å². The highest BCUT2D eigenvalue weighted by Crippen LogP contribution is 2.37. The zero-order valence-electron chi connectivity index (χ0n) is 14.2. The molecule has 0 aromatic heterocycles. The van der Waals surface area contributed by atoms with Crippen LogP contribution in [0.3, 0.4) is 0 Å². The number of nitrogens with one attached hydrogen (secondary N) is 1. The van der Waals surface area contributed by atoms with E-state index in [0.29, 0.717) is 11.4 Å². The number of amides is 1. The standard InChI is InChI=1S/C19H19NO6/c1-2-24-19(23)17(22)14-8-13(25-10-12-6-4-3-5-7-12)9-15-18(14)26-11-16(21)20-15/h3-9,19,23H,2,10-11H2,1H3,(H,20,21)/t19-/m1/s1. The van der Waals surface area contributed by atoms with Crippen LogP contribution in [0.25, 0.3) is 0 Å². The van der Waals surface area contributed by atoms with Gasteiger partial charge in [0.2, 0.25) is 12.1 Å². The van der Waals surface area contributed by atoms with Crippen LogP contribution in [-0.4, -0.2) is 36.3 Å². The maximum Gasteiger partial charge on any atom is 0.262 e. The Kier molecular flexibility index (Phi) is 5.50. The van der Waals surface area contributed by atoms with Gasteiger partial charge >= 0.3 is 0 Å². The number of benzene rings is 2. The molecule has 0 fully saturated rings. The number of carbonyl (C=O) groups is 2. The number of carbonyl (C=O) groups excluding carboxylic acids is 2. The minimum Gasteiger partial charge on any atom is -0.489 e. The third kappa shape index (κ3) is 4.01. The molecule has 1 aliphatic rings. The van der Waals surface area contributed by atoms with Crippen LogP contribution in [-0.2, 0) is 16.1 Å². The second-order valence-electron chi connectivity index (χ2n) is 5.63. The molecule has 7 heteroatoms. The monoisotopic (exact) mass is 357 g/mol. The van der Waals surface area contributed by atoms with Gasteiger partial charge in [-0.2, -0.15) is 0 Å². The highest BCUT2D eigenvalue weighted by atomic mass is 16.6. The van der Waals surface area contributed by atoms with E-state index in [-0.39, 0.29) is 37.0 Å². The number of anilines is 1. The van der Waals surface area contributed by atoms with Crippen LogP contribution in [0, 0.1) is 0 Å². The van der Waals surface area contributed by atoms with E-state index < -0.39 is 12.1 Å². The Morgan fingerprint density at radius 2 is 2.08 bits per heavy atom. The van der Waals surface area contributed by atoms with Crippen LogP contribution in [0.2, 0.25) is 0 Å². The van der Waals surface area contributed by atoms with Crippen LogP contribution in [0.4, 0.5) is 5.69 Å². The highest BCUT2D eigenvalue weighted by Gasteiger charge is 2.28. The van der Waals surface area contributed by atoms with Crippen molar-refractivity contribution in [2.24, 2.45) is 0 Å². The average molecular weight is 357 g/mol. The number of aliphatic hydroxyl groups is 1. The normalized spacial score (nSPS) is 14.0. The molecule has 2 aromatic carbocycles. The lowest BCUT2D eigenvalue weighted by Crippen LogP contribution is -2.29. The molecule has 0 bridgehead atoms. The number of fused-ring (bicyclic) bond motifs is 1. The molecule has 2 aromatic rings. The van der Waals surface area contributed by atoms with E-state index in [4.69, 9.17) is 14.2 Å². The van der Waals surface area contributed by atoms with Crippen molar-refractivity contribution in [3.05, 3.63) is 53.6 Å². The molecule has 3 rings (SSSR count). The van der Waals surface area contributed by atoms with Gasteiger partial charge in [-0.3, -0.25) is 9.59 Å². The van der Waals surface area contributed by atoms with E-state index in [2.05, 4.69) is 5.32 Å². The van der Waals surface area contributed by atoms with E-state index in [0.717, 1.165) is 5.56 Å². The van der Waals surface area contributed by atoms with Crippen molar-refractivity contribution in [1.29, 1.82) is 0 Å². The molecule has 1 aliphatic heterocycles. The summed E-state index contributed by atoms with van der Waals surface area (Å²) in [5, 5.41) is 12.5. The van der Waals surface area contributed by atoms with Crippen molar-refractivity contribution in [3.63, 3.8) is 0 Å². The molecule has 26 heavy (non-hydrogen) atoms. The molecule has 0 saturated heterocycles. The molecular weight excluding hydrogens is 338 g/mol. The third-order valence-corrected chi connectivity index (χ3v) is 3.75. The fraction of sp³-hybridized carbons (Fsp3) is 0.263. The molecule has 136 valence electrons. The van der Waals surface area contributed by atoms with Gasteiger partial charge in [0.05, 0.1) is 11.3 Å². The molecule has 0 unspecified atom stereocenters. The van der Waals surface area contributed by atoms with E-state index in [9.17, 15) is 14.7 Å². The van der Waals surface area contributed by atoms with Gasteiger partial charge in [-0.15, -0.1) is 0 Å². The smallest absolute Gasteiger partial charge is 0.262 e. The molecule has 1 amide bonds. The van der Waals surface area contributed by atoms with Gasteiger partial charge in [0.25, 0.3) is 5.91 Å². The summed E-state index contributed by atoms with van der Waals surface area (Å²) in [5.74, 6) is -0.434. The molecule has 0 saturated carbocycles. The Morgan fingerprint density at radius 1 is 1.31 bits per heavy atom. The zero-order chi connectivity index (χ0) is 18.5. The van der Waals surface area contributed by atoms with E-state index >= 15 is 0 Å². The van der Waals surface area contributed by atoms with Crippen molar-refractivity contribution in [3.8, 4) is 11.5 Å². The number of hydrogen-bond donors (Lipinski definition) is 2. The molecule has 0 radical (unpaired) electrons. The van der Waals surface area contributed by atoms with Gasteiger partial charge in [0, 0.05) is 12.7 Å². The molecular formula is C19H19NO6. The molecule has 7 nitrogen and oxygen atoms in total. The van der Waals surface area contributed by atoms with Gasteiger partial charge in [0.15, 0.2) is 12.4 Å². The number of Topliss-reactive ketones (excluding diaryl/α,β-unsaturated/α-hetero) is 1. The quantitative estimate of drug-likeness (QED) is 0.582. The minimum atomic E-state index is -1.62. The predicted molar refractivity (Wildman–Crippen MR) is 93.3 cm³/mol. The summed E-state index contributed by atoms with van der Waals surface area (Å²) in [6.07, 6.45) is -1.62. The summed E-state index contributed by atoms with van der Waals surface area (Å²) in [6, 6.07) is 12.6. The lowest BCUT2D eigenvalue weighted by atomic mass is 10.1. The van der Waals surface area contributed by atoms with Gasteiger partial charge in [-0.1, -0.05) is 30.3 Å². The van der Waals surface area contributed by atoms with Crippen LogP contribution < -0.4 is 14.8 Å². The van der Waals surface area contributed by atoms with Crippen LogP contribution in [0.5, 0.6) is 11.5 Å². The largest absolute Gasteiger partial charge is 0.489 e. The number of rotatable bonds is 7. The van der Waals surface area contributed by atoms with Crippen LogP contribution in [0.15, 0.2) is 42.5 Å². The fourth-order valence-corrected chi connectivity index (χ4v) is 2.55. The number of hydrogen-bond acceptors (Lipinski definition) is 6.